The molecule has 0 aliphatic carbocycles. The van der Waals surface area contributed by atoms with Crippen LogP contribution in [0.3, 0.4) is 0 Å². The van der Waals surface area contributed by atoms with Crippen molar-refractivity contribution in [2.45, 2.75) is 24.3 Å². The van der Waals surface area contributed by atoms with Crippen molar-refractivity contribution >= 4 is 25.3 Å². The molecule has 1 aromatic heterocycles. The molecule has 1 saturated heterocycles. The van der Waals surface area contributed by atoms with Crippen LogP contribution in [0.2, 0.25) is 0 Å². The Labute approximate surface area is 130 Å². The number of halogens is 1. The normalized spacial score (nSPS) is 33.0. The van der Waals surface area contributed by atoms with Crippen LogP contribution in [0.5, 0.6) is 0 Å². The van der Waals surface area contributed by atoms with Crippen molar-refractivity contribution in [3.8, 4) is 0 Å². The topological polar surface area (TPSA) is 126 Å². The van der Waals surface area contributed by atoms with Crippen LogP contribution in [0.15, 0.2) is 17.1 Å². The first-order chi connectivity index (χ1) is 10.3. The molecule has 5 atom stereocenters. The van der Waals surface area contributed by atoms with E-state index < -0.39 is 43.8 Å². The second-order valence-electron chi connectivity index (χ2n) is 4.47. The molecule has 9 nitrogen and oxygen atoms in total. The second-order valence-corrected chi connectivity index (χ2v) is 6.34. The van der Waals surface area contributed by atoms with Gasteiger partial charge in [-0.15, -0.1) is 0 Å². The van der Waals surface area contributed by atoms with Crippen LogP contribution in [0.1, 0.15) is 6.23 Å². The summed E-state index contributed by atoms with van der Waals surface area (Å²) in [5, 5.41) is 9.46. The van der Waals surface area contributed by atoms with Crippen molar-refractivity contribution in [3.63, 3.8) is 0 Å². The van der Waals surface area contributed by atoms with Crippen LogP contribution in [0.4, 0.5) is 10.2 Å². The van der Waals surface area contributed by atoms with E-state index >= 15 is 0 Å². The van der Waals surface area contributed by atoms with Crippen molar-refractivity contribution in [2.24, 2.45) is 0 Å². The highest BCUT2D eigenvalue weighted by atomic mass is 32.7. The van der Waals surface area contributed by atoms with E-state index in [0.717, 1.165) is 11.7 Å². The molecule has 1 aliphatic heterocycles. The summed E-state index contributed by atoms with van der Waals surface area (Å²) in [7, 11) is -1.70. The average Bonchev–Trinajstić information content (AvgIpc) is 2.73. The SMILES string of the molecule is CO[C@]1(CO)O[C@@H](n2ccc(N)nc2=O)C(F)C1O[PH](=O)S. The van der Waals surface area contributed by atoms with Gasteiger partial charge in [-0.2, -0.15) is 4.98 Å². The minimum atomic E-state index is -2.85. The minimum Gasteiger partial charge on any atom is -0.391 e. The Morgan fingerprint density at radius 2 is 2.41 bits per heavy atom. The van der Waals surface area contributed by atoms with Gasteiger partial charge < -0.3 is 24.8 Å². The molecule has 0 spiro atoms. The molecule has 12 heteroatoms. The molecule has 1 aromatic rings. The molecule has 3 N–H and O–H groups in total. The molecule has 1 fully saturated rings. The third-order valence-electron chi connectivity index (χ3n) is 3.23. The molecule has 2 heterocycles. The Kier molecular flexibility index (Phi) is 5.25. The lowest BCUT2D eigenvalue weighted by Crippen LogP contribution is -2.47. The summed E-state index contributed by atoms with van der Waals surface area (Å²) < 4.78 is 41.9. The van der Waals surface area contributed by atoms with Gasteiger partial charge in [-0.3, -0.25) is 9.13 Å². The second kappa shape index (κ2) is 6.65. The van der Waals surface area contributed by atoms with Crippen molar-refractivity contribution in [1.29, 1.82) is 0 Å². The first kappa shape index (κ1) is 17.4. The van der Waals surface area contributed by atoms with Gasteiger partial charge in [0, 0.05) is 13.3 Å². The standard InChI is InChI=1S/C10H15FN3O6PS/c1-18-10(4-15)7(20-21(17)22)6(11)8(19-10)14-3-2-5(12)13-9(14)16/h2-3,6-8,15,21H,4H2,1H3,(H,17,22)(H2,12,13,16)/t6?,7?,8-,10-/m1/s1. The van der Waals surface area contributed by atoms with E-state index in [9.17, 15) is 18.9 Å². The van der Waals surface area contributed by atoms with Crippen molar-refractivity contribution in [3.05, 3.63) is 22.7 Å². The van der Waals surface area contributed by atoms with Crippen LogP contribution >= 0.6 is 19.5 Å². The monoisotopic (exact) mass is 355 g/mol. The molecule has 1 aliphatic rings. The van der Waals surface area contributed by atoms with Crippen LogP contribution in [0, 0.1) is 0 Å². The molecule has 0 amide bonds. The summed E-state index contributed by atoms with van der Waals surface area (Å²) in [5.41, 5.74) is 4.51. The lowest BCUT2D eigenvalue weighted by Gasteiger charge is -2.29. The number of aliphatic hydroxyl groups is 1. The summed E-state index contributed by atoms with van der Waals surface area (Å²) in [6, 6.07) is 1.28. The maximum atomic E-state index is 14.6. The number of ether oxygens (including phenoxy) is 2. The van der Waals surface area contributed by atoms with Gasteiger partial charge in [-0.05, 0) is 6.07 Å². The van der Waals surface area contributed by atoms with Gasteiger partial charge in [0.15, 0.2) is 18.5 Å². The molecule has 0 aromatic carbocycles. The van der Waals surface area contributed by atoms with Crippen molar-refractivity contribution < 1.29 is 28.1 Å². The van der Waals surface area contributed by atoms with Gasteiger partial charge in [-0.25, -0.2) is 9.18 Å². The lowest BCUT2D eigenvalue weighted by atomic mass is 10.1. The van der Waals surface area contributed by atoms with Crippen molar-refractivity contribution in [1.82, 2.24) is 9.55 Å². The minimum absolute atomic E-state index is 0.0389. The Morgan fingerprint density at radius 3 is 2.91 bits per heavy atom. The Hall–Kier alpha value is -0.970. The molecule has 0 saturated carbocycles. The smallest absolute Gasteiger partial charge is 0.351 e. The number of methoxy groups -OCH3 is 1. The maximum Gasteiger partial charge on any atom is 0.351 e. The molecular formula is C10H15FN3O6PS. The van der Waals surface area contributed by atoms with Crippen LogP contribution in [-0.2, 0) is 18.6 Å². The van der Waals surface area contributed by atoms with E-state index in [1.807, 2.05) is 0 Å². The van der Waals surface area contributed by atoms with E-state index in [-0.39, 0.29) is 5.82 Å². The predicted octanol–water partition coefficient (Wildman–Crippen LogP) is -0.268. The molecule has 0 bridgehead atoms. The fourth-order valence-electron chi connectivity index (χ4n) is 2.18. The van der Waals surface area contributed by atoms with Crippen LogP contribution < -0.4 is 11.4 Å². The third kappa shape index (κ3) is 3.05. The van der Waals surface area contributed by atoms with Crippen LogP contribution in [-0.4, -0.2) is 46.4 Å². The first-order valence-electron chi connectivity index (χ1n) is 6.07. The lowest BCUT2D eigenvalue weighted by molar-refractivity contribution is -0.265. The van der Waals surface area contributed by atoms with Crippen molar-refractivity contribution in [2.75, 3.05) is 19.5 Å². The highest BCUT2D eigenvalue weighted by molar-refractivity contribution is 8.39. The number of thiol groups is 1. The predicted molar refractivity (Wildman–Crippen MR) is 77.6 cm³/mol. The van der Waals surface area contributed by atoms with E-state index in [1.165, 1.54) is 12.3 Å². The van der Waals surface area contributed by atoms with E-state index in [2.05, 4.69) is 17.2 Å². The number of aliphatic hydroxyl groups excluding tert-OH is 1. The maximum absolute atomic E-state index is 14.6. The fraction of sp³-hybridized carbons (Fsp3) is 0.600. The zero-order valence-corrected chi connectivity index (χ0v) is 13.3. The number of rotatable bonds is 5. The molecule has 124 valence electrons. The third-order valence-corrected chi connectivity index (χ3v) is 4.01. The van der Waals surface area contributed by atoms with Gasteiger partial charge in [0.25, 0.3) is 0 Å². The van der Waals surface area contributed by atoms with Gasteiger partial charge in [0.1, 0.15) is 12.4 Å². The summed E-state index contributed by atoms with van der Waals surface area (Å²) in [5.74, 6) is -1.96. The number of alkyl halides is 1. The Balaban J connectivity index is 2.42. The quantitative estimate of drug-likeness (QED) is 0.487. The molecule has 3 unspecified atom stereocenters. The van der Waals surface area contributed by atoms with E-state index in [1.54, 1.807) is 0 Å². The summed E-state index contributed by atoms with van der Waals surface area (Å²) in [4.78, 5) is 15.3. The average molecular weight is 355 g/mol. The Bertz CT molecular complexity index is 627. The number of nitrogen functional groups attached to an aromatic ring is 1. The van der Waals surface area contributed by atoms with Gasteiger partial charge in [-0.1, -0.05) is 12.2 Å². The largest absolute Gasteiger partial charge is 0.391 e. The highest BCUT2D eigenvalue weighted by Crippen LogP contribution is 2.45. The first-order valence-corrected chi connectivity index (χ1v) is 8.67. The number of nitrogens with two attached hydrogens (primary N) is 1. The molecular weight excluding hydrogens is 340 g/mol. The van der Waals surface area contributed by atoms with E-state index in [0.29, 0.717) is 0 Å². The summed E-state index contributed by atoms with van der Waals surface area (Å²) in [6.45, 7) is -0.787. The summed E-state index contributed by atoms with van der Waals surface area (Å²) in [6.07, 6.45) is -3.81. The number of anilines is 1. The molecule has 0 radical (unpaired) electrons. The van der Waals surface area contributed by atoms with Gasteiger partial charge in [0.2, 0.25) is 13.0 Å². The zero-order valence-electron chi connectivity index (χ0n) is 11.4. The Morgan fingerprint density at radius 1 is 1.73 bits per heavy atom. The molecule has 2 rings (SSSR count). The highest BCUT2D eigenvalue weighted by Gasteiger charge is 2.58. The van der Waals surface area contributed by atoms with Gasteiger partial charge in [0.05, 0.1) is 0 Å². The fourth-order valence-corrected chi connectivity index (χ4v) is 3.05. The van der Waals surface area contributed by atoms with Crippen LogP contribution in [0.25, 0.3) is 0 Å². The zero-order chi connectivity index (χ0) is 16.5. The van der Waals surface area contributed by atoms with Gasteiger partial charge >= 0.3 is 5.69 Å². The van der Waals surface area contributed by atoms with E-state index in [4.69, 9.17) is 19.7 Å². The number of hydrogen-bond acceptors (Lipinski definition) is 8. The molecule has 22 heavy (non-hydrogen) atoms. The summed E-state index contributed by atoms with van der Waals surface area (Å²) >= 11 is 3.59. The number of aromatic nitrogens is 2. The number of hydrogen-bond donors (Lipinski definition) is 3. The number of nitrogens with zero attached hydrogens (tertiary/aromatic N) is 2.